The van der Waals surface area contributed by atoms with Gasteiger partial charge in [-0.3, -0.25) is 0 Å². The third kappa shape index (κ3) is 0.652. The highest BCUT2D eigenvalue weighted by Gasteiger charge is 2.60. The quantitative estimate of drug-likeness (QED) is 0.567. The lowest BCUT2D eigenvalue weighted by Gasteiger charge is -2.22. The van der Waals surface area contributed by atoms with Crippen molar-refractivity contribution in [1.29, 1.82) is 0 Å². The molecular weight excluding hydrogens is 172 g/mol. The van der Waals surface area contributed by atoms with Crippen LogP contribution in [0.4, 0.5) is 0 Å². The average Bonchev–Trinajstić information content (AvgIpc) is 2.54. The number of hydrogen-bond donors (Lipinski definition) is 0. The zero-order valence-corrected chi connectivity index (χ0v) is 8.05. The fourth-order valence-electron chi connectivity index (χ4n) is 3.77. The van der Waals surface area contributed by atoms with Gasteiger partial charge in [-0.25, -0.2) is 8.42 Å². The van der Waals surface area contributed by atoms with E-state index in [0.29, 0.717) is 23.5 Å². The van der Waals surface area contributed by atoms with Gasteiger partial charge in [0, 0.05) is 0 Å². The highest BCUT2D eigenvalue weighted by Crippen LogP contribution is 2.58. The third-order valence-electron chi connectivity index (χ3n) is 4.44. The Labute approximate surface area is 73.3 Å². The topological polar surface area (TPSA) is 34.1 Å². The summed E-state index contributed by atoms with van der Waals surface area (Å²) in [6.45, 7) is 2.24. The highest BCUT2D eigenvalue weighted by atomic mass is 32.2. The molecule has 0 N–H and O–H groups in total. The molecule has 3 rings (SSSR count). The molecule has 5 atom stereocenters. The van der Waals surface area contributed by atoms with E-state index in [1.54, 1.807) is 0 Å². The van der Waals surface area contributed by atoms with E-state index in [0.717, 1.165) is 12.3 Å². The van der Waals surface area contributed by atoms with Crippen molar-refractivity contribution >= 4 is 9.84 Å². The smallest absolute Gasteiger partial charge is 0.153 e. The minimum absolute atomic E-state index is 0.0729. The third-order valence-corrected chi connectivity index (χ3v) is 6.76. The first-order chi connectivity index (χ1) is 5.59. The van der Waals surface area contributed by atoms with Gasteiger partial charge >= 0.3 is 0 Å². The van der Waals surface area contributed by atoms with Gasteiger partial charge in [-0.15, -0.1) is 0 Å². The molecule has 12 heavy (non-hydrogen) atoms. The molecule has 3 heteroatoms. The second kappa shape index (κ2) is 1.89. The fraction of sp³-hybridized carbons (Fsp3) is 1.00. The highest BCUT2D eigenvalue weighted by molar-refractivity contribution is 7.92. The van der Waals surface area contributed by atoms with Crippen LogP contribution in [-0.2, 0) is 9.84 Å². The molecule has 0 spiro atoms. The maximum Gasteiger partial charge on any atom is 0.153 e. The van der Waals surface area contributed by atoms with E-state index in [1.165, 1.54) is 6.42 Å². The minimum Gasteiger partial charge on any atom is -0.229 e. The van der Waals surface area contributed by atoms with Gasteiger partial charge in [0.2, 0.25) is 0 Å². The average molecular weight is 186 g/mol. The van der Waals surface area contributed by atoms with Crippen LogP contribution in [0.1, 0.15) is 19.8 Å². The van der Waals surface area contributed by atoms with E-state index in [-0.39, 0.29) is 5.25 Å². The van der Waals surface area contributed by atoms with Gasteiger partial charge in [0.05, 0.1) is 11.0 Å². The molecule has 3 fully saturated rings. The first kappa shape index (κ1) is 7.36. The van der Waals surface area contributed by atoms with Crippen molar-refractivity contribution in [3.05, 3.63) is 0 Å². The molecule has 1 saturated heterocycles. The Kier molecular flexibility index (Phi) is 1.16. The molecule has 3 aliphatic rings. The van der Waals surface area contributed by atoms with E-state index in [9.17, 15) is 8.42 Å². The van der Waals surface area contributed by atoms with Crippen molar-refractivity contribution in [2.45, 2.75) is 25.0 Å². The molecule has 2 nitrogen and oxygen atoms in total. The molecular formula is C9H14O2S. The fourth-order valence-corrected chi connectivity index (χ4v) is 6.49. The number of hydrogen-bond acceptors (Lipinski definition) is 2. The standard InChI is InChI=1S/C9H14O2S/c1-5-6-2-7-8(5)4-12(10,11)9(7)3-6/h5-9H,2-4H2,1H3/t5?,6?,7?,8?,9-/m0/s1. The first-order valence-corrected chi connectivity index (χ1v) is 6.53. The summed E-state index contributed by atoms with van der Waals surface area (Å²) in [6.07, 6.45) is 2.18. The Morgan fingerprint density at radius 2 is 1.92 bits per heavy atom. The van der Waals surface area contributed by atoms with Gasteiger partial charge in [0.15, 0.2) is 9.84 Å². The second-order valence-corrected chi connectivity index (χ2v) is 7.05. The summed E-state index contributed by atoms with van der Waals surface area (Å²) in [5.74, 6) is 3.00. The maximum atomic E-state index is 11.6. The molecule has 0 amide bonds. The van der Waals surface area contributed by atoms with Crippen LogP contribution in [0, 0.1) is 23.7 Å². The minimum atomic E-state index is -2.66. The summed E-state index contributed by atoms with van der Waals surface area (Å²) in [4.78, 5) is 0. The van der Waals surface area contributed by atoms with Gasteiger partial charge in [-0.2, -0.15) is 0 Å². The zero-order valence-electron chi connectivity index (χ0n) is 7.23. The predicted octanol–water partition coefficient (Wildman–Crippen LogP) is 1.08. The van der Waals surface area contributed by atoms with Gasteiger partial charge in [-0.1, -0.05) is 6.92 Å². The van der Waals surface area contributed by atoms with Crippen LogP contribution >= 0.6 is 0 Å². The van der Waals surface area contributed by atoms with Crippen LogP contribution in [0.15, 0.2) is 0 Å². The van der Waals surface area contributed by atoms with Crippen molar-refractivity contribution in [2.24, 2.45) is 23.7 Å². The lowest BCUT2D eigenvalue weighted by atomic mass is 9.82. The molecule has 0 aromatic carbocycles. The van der Waals surface area contributed by atoms with E-state index in [2.05, 4.69) is 6.92 Å². The normalized spacial score (nSPS) is 59.6. The second-order valence-electron chi connectivity index (χ2n) is 4.79. The van der Waals surface area contributed by atoms with Crippen molar-refractivity contribution in [3.63, 3.8) is 0 Å². The molecule has 0 radical (unpaired) electrons. The molecule has 2 saturated carbocycles. The number of rotatable bonds is 0. The lowest BCUT2D eigenvalue weighted by Crippen LogP contribution is -2.23. The van der Waals surface area contributed by atoms with Crippen molar-refractivity contribution in [2.75, 3.05) is 5.75 Å². The van der Waals surface area contributed by atoms with Crippen LogP contribution in [0.2, 0.25) is 0 Å². The summed E-state index contributed by atoms with van der Waals surface area (Å²) in [6, 6.07) is 0. The van der Waals surface area contributed by atoms with Crippen molar-refractivity contribution in [3.8, 4) is 0 Å². The molecule has 68 valence electrons. The Hall–Kier alpha value is -0.0500. The molecule has 2 bridgehead atoms. The van der Waals surface area contributed by atoms with Crippen molar-refractivity contribution < 1.29 is 8.42 Å². The number of sulfone groups is 1. The summed E-state index contributed by atoms with van der Waals surface area (Å²) >= 11 is 0. The first-order valence-electron chi connectivity index (χ1n) is 4.81. The summed E-state index contributed by atoms with van der Waals surface area (Å²) in [5.41, 5.74) is 0. The van der Waals surface area contributed by atoms with Crippen LogP contribution in [-0.4, -0.2) is 19.4 Å². The summed E-state index contributed by atoms with van der Waals surface area (Å²) < 4.78 is 23.3. The predicted molar refractivity (Wildman–Crippen MR) is 46.4 cm³/mol. The summed E-state index contributed by atoms with van der Waals surface area (Å²) in [5, 5.41) is 0.0729. The van der Waals surface area contributed by atoms with Crippen LogP contribution in [0.25, 0.3) is 0 Å². The van der Waals surface area contributed by atoms with E-state index < -0.39 is 9.84 Å². The Morgan fingerprint density at radius 1 is 1.17 bits per heavy atom. The molecule has 1 aliphatic heterocycles. The monoisotopic (exact) mass is 186 g/mol. The Bertz CT molecular complexity index is 319. The molecule has 0 aromatic rings. The van der Waals surface area contributed by atoms with Crippen LogP contribution in [0.3, 0.4) is 0 Å². The molecule has 1 heterocycles. The van der Waals surface area contributed by atoms with Crippen molar-refractivity contribution in [1.82, 2.24) is 0 Å². The zero-order chi connectivity index (χ0) is 8.51. The SMILES string of the molecule is CC1C2CC3C1CS(=O)(=O)[C@H]3C2. The molecule has 2 aliphatic carbocycles. The molecule has 0 aromatic heterocycles. The van der Waals surface area contributed by atoms with Gasteiger partial charge in [-0.05, 0) is 36.5 Å². The van der Waals surface area contributed by atoms with E-state index in [1.807, 2.05) is 0 Å². The largest absolute Gasteiger partial charge is 0.229 e. The lowest BCUT2D eigenvalue weighted by molar-refractivity contribution is 0.286. The molecule has 4 unspecified atom stereocenters. The van der Waals surface area contributed by atoms with Crippen LogP contribution in [0.5, 0.6) is 0 Å². The maximum absolute atomic E-state index is 11.6. The van der Waals surface area contributed by atoms with E-state index in [4.69, 9.17) is 0 Å². The summed E-state index contributed by atoms with van der Waals surface area (Å²) in [7, 11) is -2.66. The van der Waals surface area contributed by atoms with Gasteiger partial charge in [0.25, 0.3) is 0 Å². The van der Waals surface area contributed by atoms with E-state index >= 15 is 0 Å². The van der Waals surface area contributed by atoms with Gasteiger partial charge in [0.1, 0.15) is 0 Å². The van der Waals surface area contributed by atoms with Crippen LogP contribution < -0.4 is 0 Å². The Balaban J connectivity index is 2.11. The Morgan fingerprint density at radius 3 is 2.50 bits per heavy atom. The number of fused-ring (bicyclic) bond motifs is 1. The van der Waals surface area contributed by atoms with Gasteiger partial charge < -0.3 is 0 Å².